The van der Waals surface area contributed by atoms with Gasteiger partial charge in [-0.25, -0.2) is 0 Å². The summed E-state index contributed by atoms with van der Waals surface area (Å²) in [6.07, 6.45) is 6.37. The Kier molecular flexibility index (Phi) is 4.83. The Bertz CT molecular complexity index is 326. The second-order valence-electron chi connectivity index (χ2n) is 6.32. The third-order valence-corrected chi connectivity index (χ3v) is 4.75. The van der Waals surface area contributed by atoms with Crippen LogP contribution in [0.25, 0.3) is 0 Å². The first-order chi connectivity index (χ1) is 9.06. The summed E-state index contributed by atoms with van der Waals surface area (Å²) in [5, 5.41) is 8.79. The third-order valence-electron chi connectivity index (χ3n) is 4.75. The van der Waals surface area contributed by atoms with Crippen molar-refractivity contribution in [2.45, 2.75) is 51.9 Å². The fraction of sp³-hybridized carbons (Fsp3) is 0.867. The molecule has 0 aromatic heterocycles. The molecule has 4 heteroatoms. The van der Waals surface area contributed by atoms with Crippen molar-refractivity contribution in [1.29, 1.82) is 0 Å². The van der Waals surface area contributed by atoms with E-state index in [4.69, 9.17) is 5.11 Å². The average molecular weight is 267 g/mol. The molecule has 0 aromatic carbocycles. The molecule has 0 aromatic rings. The summed E-state index contributed by atoms with van der Waals surface area (Å²) in [6, 6.07) is 0. The number of hydrogen-bond acceptors (Lipinski definition) is 2. The van der Waals surface area contributed by atoms with Gasteiger partial charge in [0, 0.05) is 25.4 Å². The van der Waals surface area contributed by atoms with Crippen molar-refractivity contribution in [3.8, 4) is 0 Å². The van der Waals surface area contributed by atoms with E-state index in [-0.39, 0.29) is 18.3 Å². The quantitative estimate of drug-likeness (QED) is 0.855. The van der Waals surface area contributed by atoms with Gasteiger partial charge in [-0.3, -0.25) is 9.59 Å². The van der Waals surface area contributed by atoms with E-state index in [1.807, 2.05) is 4.90 Å². The Labute approximate surface area is 115 Å². The van der Waals surface area contributed by atoms with Gasteiger partial charge in [-0.2, -0.15) is 0 Å². The molecule has 0 atom stereocenters. The van der Waals surface area contributed by atoms with Gasteiger partial charge < -0.3 is 10.0 Å². The largest absolute Gasteiger partial charge is 0.481 e. The van der Waals surface area contributed by atoms with Crippen molar-refractivity contribution in [3.05, 3.63) is 0 Å². The predicted molar refractivity (Wildman–Crippen MR) is 72.7 cm³/mol. The first-order valence-electron chi connectivity index (χ1n) is 7.57. The summed E-state index contributed by atoms with van der Waals surface area (Å²) in [5.41, 5.74) is 0. The Morgan fingerprint density at radius 3 is 2.16 bits per heavy atom. The van der Waals surface area contributed by atoms with E-state index in [1.54, 1.807) is 0 Å². The van der Waals surface area contributed by atoms with Gasteiger partial charge in [0.1, 0.15) is 0 Å². The zero-order chi connectivity index (χ0) is 13.8. The van der Waals surface area contributed by atoms with Crippen molar-refractivity contribution in [2.24, 2.45) is 17.8 Å². The number of nitrogens with zero attached hydrogens (tertiary/aromatic N) is 1. The molecule has 19 heavy (non-hydrogen) atoms. The summed E-state index contributed by atoms with van der Waals surface area (Å²) < 4.78 is 0. The van der Waals surface area contributed by atoms with Gasteiger partial charge in [0.15, 0.2) is 0 Å². The molecular weight excluding hydrogens is 242 g/mol. The van der Waals surface area contributed by atoms with Gasteiger partial charge in [-0.15, -0.1) is 0 Å². The van der Waals surface area contributed by atoms with Crippen LogP contribution in [0.4, 0.5) is 0 Å². The number of hydrogen-bond donors (Lipinski definition) is 1. The molecule has 2 aliphatic rings. The minimum Gasteiger partial charge on any atom is -0.481 e. The highest BCUT2D eigenvalue weighted by Gasteiger charge is 2.30. The Morgan fingerprint density at radius 2 is 1.63 bits per heavy atom. The molecule has 1 amide bonds. The number of carbonyl (C=O) groups excluding carboxylic acids is 1. The molecule has 1 N–H and O–H groups in total. The van der Waals surface area contributed by atoms with Crippen LogP contribution < -0.4 is 0 Å². The summed E-state index contributed by atoms with van der Waals surface area (Å²) >= 11 is 0. The van der Waals surface area contributed by atoms with Crippen LogP contribution in [-0.2, 0) is 9.59 Å². The summed E-state index contributed by atoms with van der Waals surface area (Å²) in [6.45, 7) is 3.77. The molecule has 0 unspecified atom stereocenters. The summed E-state index contributed by atoms with van der Waals surface area (Å²) in [7, 11) is 0. The zero-order valence-corrected chi connectivity index (χ0v) is 11.8. The molecule has 1 saturated heterocycles. The van der Waals surface area contributed by atoms with Crippen LogP contribution in [0, 0.1) is 17.8 Å². The lowest BCUT2D eigenvalue weighted by atomic mass is 9.82. The van der Waals surface area contributed by atoms with Gasteiger partial charge >= 0.3 is 5.97 Å². The fourth-order valence-electron chi connectivity index (χ4n) is 3.37. The molecule has 2 rings (SSSR count). The van der Waals surface area contributed by atoms with Crippen molar-refractivity contribution >= 4 is 11.9 Å². The van der Waals surface area contributed by atoms with Crippen molar-refractivity contribution in [3.63, 3.8) is 0 Å². The molecule has 1 saturated carbocycles. The van der Waals surface area contributed by atoms with Crippen LogP contribution in [0.15, 0.2) is 0 Å². The maximum absolute atomic E-state index is 12.4. The van der Waals surface area contributed by atoms with Crippen LogP contribution in [0.5, 0.6) is 0 Å². The molecular formula is C15H25NO3. The van der Waals surface area contributed by atoms with E-state index in [9.17, 15) is 9.59 Å². The smallest absolute Gasteiger partial charge is 0.303 e. The highest BCUT2D eigenvalue weighted by molar-refractivity contribution is 5.79. The average Bonchev–Trinajstić information content (AvgIpc) is 2.39. The number of likely N-dealkylation sites (tertiary alicyclic amines) is 1. The monoisotopic (exact) mass is 267 g/mol. The lowest BCUT2D eigenvalue weighted by Gasteiger charge is -2.35. The van der Waals surface area contributed by atoms with E-state index in [1.165, 1.54) is 12.8 Å². The maximum Gasteiger partial charge on any atom is 0.303 e. The highest BCUT2D eigenvalue weighted by atomic mass is 16.4. The number of rotatable bonds is 3. The van der Waals surface area contributed by atoms with Crippen LogP contribution in [0.2, 0.25) is 0 Å². The lowest BCUT2D eigenvalue weighted by Crippen LogP contribution is -2.42. The molecule has 1 aliphatic heterocycles. The zero-order valence-electron chi connectivity index (χ0n) is 11.8. The van der Waals surface area contributed by atoms with Gasteiger partial charge in [0.25, 0.3) is 0 Å². The highest BCUT2D eigenvalue weighted by Crippen LogP contribution is 2.31. The third kappa shape index (κ3) is 3.95. The van der Waals surface area contributed by atoms with Crippen molar-refractivity contribution in [2.75, 3.05) is 13.1 Å². The minimum atomic E-state index is -0.717. The fourth-order valence-corrected chi connectivity index (χ4v) is 3.37. The number of piperidine rings is 1. The number of carboxylic acids is 1. The standard InChI is InChI=1S/C15H25NO3/c1-11-2-4-13(5-3-11)15(19)16-8-6-12(7-9-16)10-14(17)18/h11-13H,2-10H2,1H3,(H,17,18). The SMILES string of the molecule is CC1CCC(C(=O)N2CCC(CC(=O)O)CC2)CC1. The van der Waals surface area contributed by atoms with Crippen LogP contribution in [-0.4, -0.2) is 35.0 Å². The van der Waals surface area contributed by atoms with Crippen LogP contribution in [0.3, 0.4) is 0 Å². The van der Waals surface area contributed by atoms with Crippen LogP contribution in [0.1, 0.15) is 51.9 Å². The number of carboxylic acid groups (broad SMARTS) is 1. The minimum absolute atomic E-state index is 0.229. The van der Waals surface area contributed by atoms with E-state index in [0.29, 0.717) is 5.91 Å². The van der Waals surface area contributed by atoms with Gasteiger partial charge in [-0.05, 0) is 50.4 Å². The maximum atomic E-state index is 12.4. The molecule has 1 aliphatic carbocycles. The molecule has 0 radical (unpaired) electrons. The van der Waals surface area contributed by atoms with Gasteiger partial charge in [-0.1, -0.05) is 6.92 Å². The second kappa shape index (κ2) is 6.40. The van der Waals surface area contributed by atoms with E-state index >= 15 is 0 Å². The normalized spacial score (nSPS) is 29.2. The molecule has 1 heterocycles. The van der Waals surface area contributed by atoms with E-state index < -0.39 is 5.97 Å². The number of carbonyl (C=O) groups is 2. The molecule has 2 fully saturated rings. The Morgan fingerprint density at radius 1 is 1.05 bits per heavy atom. The van der Waals surface area contributed by atoms with Gasteiger partial charge in [0.2, 0.25) is 5.91 Å². The molecule has 4 nitrogen and oxygen atoms in total. The van der Waals surface area contributed by atoms with Gasteiger partial charge in [0.05, 0.1) is 0 Å². The second-order valence-corrected chi connectivity index (χ2v) is 6.32. The molecule has 0 bridgehead atoms. The first kappa shape index (κ1) is 14.4. The summed E-state index contributed by atoms with van der Waals surface area (Å²) in [5.74, 6) is 0.859. The molecule has 108 valence electrons. The van der Waals surface area contributed by atoms with Crippen LogP contribution >= 0.6 is 0 Å². The number of amides is 1. The number of aliphatic carboxylic acids is 1. The van der Waals surface area contributed by atoms with Crippen molar-refractivity contribution in [1.82, 2.24) is 4.90 Å². The Hall–Kier alpha value is -1.06. The Balaban J connectivity index is 1.77. The van der Waals surface area contributed by atoms with E-state index in [0.717, 1.165) is 44.7 Å². The van der Waals surface area contributed by atoms with E-state index in [2.05, 4.69) is 6.92 Å². The lowest BCUT2D eigenvalue weighted by molar-refractivity contribution is -0.140. The predicted octanol–water partition coefficient (Wildman–Crippen LogP) is 2.53. The summed E-state index contributed by atoms with van der Waals surface area (Å²) in [4.78, 5) is 25.0. The van der Waals surface area contributed by atoms with Crippen molar-refractivity contribution < 1.29 is 14.7 Å². The topological polar surface area (TPSA) is 57.6 Å². The molecule has 0 spiro atoms. The first-order valence-corrected chi connectivity index (χ1v) is 7.57.